The van der Waals surface area contributed by atoms with Gasteiger partial charge in [0.1, 0.15) is 12.6 Å². The minimum Gasteiger partial charge on any atom is -0.480 e. The van der Waals surface area contributed by atoms with Crippen LogP contribution in [0.25, 0.3) is 0 Å². The van der Waals surface area contributed by atoms with E-state index in [0.717, 1.165) is 0 Å². The number of para-hydroxylation sites is 1. The maximum atomic E-state index is 10.9. The van der Waals surface area contributed by atoms with Gasteiger partial charge in [-0.25, -0.2) is 0 Å². The van der Waals surface area contributed by atoms with Crippen molar-refractivity contribution in [2.75, 3.05) is 11.4 Å². The van der Waals surface area contributed by atoms with Crippen LogP contribution in [0.5, 0.6) is 0 Å². The normalized spacial score (nSPS) is 10.7. The Balaban J connectivity index is 3.23. The molecule has 0 amide bonds. The maximum absolute atomic E-state index is 10.9. The molecular weight excluding hydrogens is 216 g/mol. The van der Waals surface area contributed by atoms with E-state index in [1.54, 1.807) is 29.2 Å². The van der Waals surface area contributed by atoms with Gasteiger partial charge in [-0.3, -0.25) is 4.79 Å². The Morgan fingerprint density at radius 1 is 1.41 bits per heavy atom. The van der Waals surface area contributed by atoms with Crippen LogP contribution in [-0.2, 0) is 4.79 Å². The lowest BCUT2D eigenvalue weighted by Gasteiger charge is -2.36. The first-order valence-corrected chi connectivity index (χ1v) is 5.35. The molecular formula is C13H16N2O2. The number of anilines is 1. The summed E-state index contributed by atoms with van der Waals surface area (Å²) in [6.45, 7) is 5.64. The zero-order valence-corrected chi connectivity index (χ0v) is 10.3. The molecule has 4 heteroatoms. The largest absolute Gasteiger partial charge is 0.480 e. The number of rotatable bonds is 3. The van der Waals surface area contributed by atoms with Crippen molar-refractivity contribution in [3.05, 3.63) is 29.8 Å². The molecule has 0 aliphatic heterocycles. The molecule has 0 saturated heterocycles. The second-order valence-electron chi connectivity index (χ2n) is 4.78. The fraction of sp³-hybridized carbons (Fsp3) is 0.385. The average molecular weight is 232 g/mol. The van der Waals surface area contributed by atoms with Gasteiger partial charge in [-0.1, -0.05) is 12.1 Å². The van der Waals surface area contributed by atoms with E-state index in [0.29, 0.717) is 11.3 Å². The zero-order chi connectivity index (χ0) is 13.1. The molecule has 1 N–H and O–H groups in total. The third kappa shape index (κ3) is 3.22. The number of benzene rings is 1. The highest BCUT2D eigenvalue weighted by molar-refractivity contribution is 5.75. The molecule has 90 valence electrons. The van der Waals surface area contributed by atoms with Crippen molar-refractivity contribution in [1.82, 2.24) is 0 Å². The summed E-state index contributed by atoms with van der Waals surface area (Å²) in [6.07, 6.45) is 0. The Kier molecular flexibility index (Phi) is 3.74. The lowest BCUT2D eigenvalue weighted by Crippen LogP contribution is -2.45. The Labute approximate surface area is 101 Å². The van der Waals surface area contributed by atoms with Crippen molar-refractivity contribution < 1.29 is 9.90 Å². The Morgan fingerprint density at radius 3 is 2.47 bits per heavy atom. The summed E-state index contributed by atoms with van der Waals surface area (Å²) >= 11 is 0. The summed E-state index contributed by atoms with van der Waals surface area (Å²) in [5.41, 5.74) is 0.791. The first-order valence-electron chi connectivity index (χ1n) is 5.35. The number of nitrogens with zero attached hydrogens (tertiary/aromatic N) is 2. The molecule has 0 fully saturated rings. The van der Waals surface area contributed by atoms with Gasteiger partial charge in [0.25, 0.3) is 0 Å². The Bertz CT molecular complexity index is 455. The quantitative estimate of drug-likeness (QED) is 0.868. The topological polar surface area (TPSA) is 64.3 Å². The monoisotopic (exact) mass is 232 g/mol. The molecule has 1 aromatic carbocycles. The van der Waals surface area contributed by atoms with E-state index in [9.17, 15) is 4.79 Å². The lowest BCUT2D eigenvalue weighted by molar-refractivity contribution is -0.135. The van der Waals surface area contributed by atoms with Gasteiger partial charge in [0, 0.05) is 5.54 Å². The SMILES string of the molecule is CC(C)(C)N(CC(=O)O)c1ccccc1C#N. The van der Waals surface area contributed by atoms with Crippen molar-refractivity contribution in [2.24, 2.45) is 0 Å². The Morgan fingerprint density at radius 2 is 2.00 bits per heavy atom. The molecule has 17 heavy (non-hydrogen) atoms. The molecule has 0 heterocycles. The summed E-state index contributed by atoms with van der Waals surface area (Å²) in [6, 6.07) is 9.12. The molecule has 0 atom stereocenters. The highest BCUT2D eigenvalue weighted by Gasteiger charge is 2.25. The smallest absolute Gasteiger partial charge is 0.323 e. The predicted octanol–water partition coefficient (Wildman–Crippen LogP) is 2.25. The Hall–Kier alpha value is -2.02. The van der Waals surface area contributed by atoms with E-state index in [4.69, 9.17) is 10.4 Å². The minimum atomic E-state index is -0.910. The number of carbonyl (C=O) groups is 1. The molecule has 0 bridgehead atoms. The van der Waals surface area contributed by atoms with Crippen molar-refractivity contribution >= 4 is 11.7 Å². The molecule has 1 rings (SSSR count). The van der Waals surface area contributed by atoms with Gasteiger partial charge in [0.05, 0.1) is 11.3 Å². The lowest BCUT2D eigenvalue weighted by atomic mass is 10.0. The van der Waals surface area contributed by atoms with Crippen molar-refractivity contribution in [2.45, 2.75) is 26.3 Å². The average Bonchev–Trinajstić information content (AvgIpc) is 2.24. The van der Waals surface area contributed by atoms with E-state index < -0.39 is 5.97 Å². The van der Waals surface area contributed by atoms with Crippen LogP contribution in [0.1, 0.15) is 26.3 Å². The van der Waals surface area contributed by atoms with Gasteiger partial charge >= 0.3 is 5.97 Å². The molecule has 0 aliphatic rings. The van der Waals surface area contributed by atoms with Crippen LogP contribution in [0, 0.1) is 11.3 Å². The van der Waals surface area contributed by atoms with Gasteiger partial charge in [0.2, 0.25) is 0 Å². The van der Waals surface area contributed by atoms with Crippen molar-refractivity contribution in [3.8, 4) is 6.07 Å². The minimum absolute atomic E-state index is 0.123. The number of nitriles is 1. The van der Waals surface area contributed by atoms with Gasteiger partial charge in [0.15, 0.2) is 0 Å². The highest BCUT2D eigenvalue weighted by atomic mass is 16.4. The molecule has 0 radical (unpaired) electrons. The van der Waals surface area contributed by atoms with Gasteiger partial charge in [-0.15, -0.1) is 0 Å². The summed E-state index contributed by atoms with van der Waals surface area (Å²) in [5.74, 6) is -0.910. The van der Waals surface area contributed by atoms with E-state index in [2.05, 4.69) is 6.07 Å². The number of carboxylic acids is 1. The molecule has 0 aromatic heterocycles. The van der Waals surface area contributed by atoms with Gasteiger partial charge < -0.3 is 10.0 Å². The van der Waals surface area contributed by atoms with Crippen LogP contribution >= 0.6 is 0 Å². The number of hydrogen-bond acceptors (Lipinski definition) is 3. The number of hydrogen-bond donors (Lipinski definition) is 1. The van der Waals surface area contributed by atoms with Crippen LogP contribution < -0.4 is 4.90 Å². The number of carboxylic acid groups (broad SMARTS) is 1. The highest BCUT2D eigenvalue weighted by Crippen LogP contribution is 2.26. The molecule has 0 unspecified atom stereocenters. The third-order valence-corrected chi connectivity index (χ3v) is 2.42. The van der Waals surface area contributed by atoms with E-state index in [-0.39, 0.29) is 12.1 Å². The van der Waals surface area contributed by atoms with Crippen LogP contribution in [-0.4, -0.2) is 23.2 Å². The van der Waals surface area contributed by atoms with E-state index in [1.165, 1.54) is 0 Å². The van der Waals surface area contributed by atoms with Gasteiger partial charge in [-0.2, -0.15) is 5.26 Å². The van der Waals surface area contributed by atoms with Crippen LogP contribution in [0.15, 0.2) is 24.3 Å². The molecule has 0 saturated carbocycles. The second-order valence-corrected chi connectivity index (χ2v) is 4.78. The second kappa shape index (κ2) is 4.88. The summed E-state index contributed by atoms with van der Waals surface area (Å²) in [7, 11) is 0. The summed E-state index contributed by atoms with van der Waals surface area (Å²) in [5, 5.41) is 18.0. The third-order valence-electron chi connectivity index (χ3n) is 2.42. The van der Waals surface area contributed by atoms with E-state index in [1.807, 2.05) is 20.8 Å². The fourth-order valence-electron chi connectivity index (χ4n) is 1.62. The summed E-state index contributed by atoms with van der Waals surface area (Å²) in [4.78, 5) is 12.6. The fourth-order valence-corrected chi connectivity index (χ4v) is 1.62. The van der Waals surface area contributed by atoms with Crippen LogP contribution in [0.3, 0.4) is 0 Å². The van der Waals surface area contributed by atoms with E-state index >= 15 is 0 Å². The number of aliphatic carboxylic acids is 1. The molecule has 0 spiro atoms. The first kappa shape index (κ1) is 13.0. The molecule has 4 nitrogen and oxygen atoms in total. The molecule has 0 aliphatic carbocycles. The predicted molar refractivity (Wildman–Crippen MR) is 65.9 cm³/mol. The summed E-state index contributed by atoms with van der Waals surface area (Å²) < 4.78 is 0. The zero-order valence-electron chi connectivity index (χ0n) is 10.3. The van der Waals surface area contributed by atoms with Gasteiger partial charge in [-0.05, 0) is 32.9 Å². The standard InChI is InChI=1S/C13H16N2O2/c1-13(2,3)15(9-12(16)17)11-7-5-4-6-10(11)8-14/h4-7H,9H2,1-3H3,(H,16,17). The first-order chi connectivity index (χ1) is 7.86. The van der Waals surface area contributed by atoms with Crippen molar-refractivity contribution in [3.63, 3.8) is 0 Å². The maximum Gasteiger partial charge on any atom is 0.323 e. The van der Waals surface area contributed by atoms with Crippen LogP contribution in [0.4, 0.5) is 5.69 Å². The molecule has 1 aromatic rings. The van der Waals surface area contributed by atoms with Crippen molar-refractivity contribution in [1.29, 1.82) is 5.26 Å². The van der Waals surface area contributed by atoms with Crippen LogP contribution in [0.2, 0.25) is 0 Å².